The zero-order valence-corrected chi connectivity index (χ0v) is 12.7. The molecule has 0 saturated heterocycles. The first-order valence-corrected chi connectivity index (χ1v) is 8.21. The van der Waals surface area contributed by atoms with Crippen LogP contribution in [-0.4, -0.2) is 9.19 Å². The zero-order chi connectivity index (χ0) is 14.8. The Labute approximate surface area is 129 Å². The van der Waals surface area contributed by atoms with Gasteiger partial charge in [0.2, 0.25) is 5.89 Å². The van der Waals surface area contributed by atoms with Gasteiger partial charge in [-0.05, 0) is 35.9 Å². The first-order chi connectivity index (χ1) is 10.1. The second kappa shape index (κ2) is 5.87. The van der Waals surface area contributed by atoms with Crippen LogP contribution in [0.5, 0.6) is 0 Å². The summed E-state index contributed by atoms with van der Waals surface area (Å²) in [4.78, 5) is 4.31. The van der Waals surface area contributed by atoms with E-state index >= 15 is 0 Å². The molecule has 2 N–H and O–H groups in total. The number of hydrogen-bond donors (Lipinski definition) is 1. The quantitative estimate of drug-likeness (QED) is 0.747. The molecule has 2 aromatic carbocycles. The van der Waals surface area contributed by atoms with Crippen LogP contribution in [0.3, 0.4) is 0 Å². The molecule has 3 rings (SSSR count). The molecule has 0 amide bonds. The second-order valence-corrected chi connectivity index (χ2v) is 6.58. The zero-order valence-electron chi connectivity index (χ0n) is 11.1. The Kier molecular flexibility index (Phi) is 3.94. The average molecular weight is 321 g/mol. The van der Waals surface area contributed by atoms with Crippen molar-refractivity contribution in [3.63, 3.8) is 0 Å². The Balaban J connectivity index is 1.72. The van der Waals surface area contributed by atoms with Crippen molar-refractivity contribution in [2.45, 2.75) is 11.5 Å². The minimum Gasteiger partial charge on any atom is -0.440 e. The van der Waals surface area contributed by atoms with Crippen molar-refractivity contribution >= 4 is 39.2 Å². The maximum atomic E-state index is 12.2. The number of nitrogens with zero attached hydrogens (tertiary/aromatic N) is 1. The fraction of sp³-hybridized carbons (Fsp3) is 0.133. The summed E-state index contributed by atoms with van der Waals surface area (Å²) in [5.74, 6) is 1.18. The van der Waals surface area contributed by atoms with Crippen molar-refractivity contribution in [1.82, 2.24) is 4.98 Å². The molecule has 1 aromatic heterocycles. The number of anilines is 1. The van der Waals surface area contributed by atoms with Crippen molar-refractivity contribution in [3.05, 3.63) is 58.9 Å². The van der Waals surface area contributed by atoms with Gasteiger partial charge in [-0.2, -0.15) is 0 Å². The summed E-state index contributed by atoms with van der Waals surface area (Å²) < 4.78 is 17.7. The van der Waals surface area contributed by atoms with Gasteiger partial charge in [-0.1, -0.05) is 23.7 Å². The molecule has 0 spiro atoms. The lowest BCUT2D eigenvalue weighted by atomic mass is 10.2. The van der Waals surface area contributed by atoms with E-state index in [9.17, 15) is 4.21 Å². The lowest BCUT2D eigenvalue weighted by Crippen LogP contribution is -1.99. The van der Waals surface area contributed by atoms with Crippen LogP contribution in [-0.2, 0) is 22.3 Å². The highest BCUT2D eigenvalue weighted by atomic mass is 35.5. The second-order valence-electron chi connectivity index (χ2n) is 4.69. The van der Waals surface area contributed by atoms with Crippen LogP contribution < -0.4 is 5.73 Å². The van der Waals surface area contributed by atoms with Crippen LogP contribution in [0.1, 0.15) is 11.5 Å². The van der Waals surface area contributed by atoms with Gasteiger partial charge in [0.05, 0.1) is 0 Å². The van der Waals surface area contributed by atoms with Crippen LogP contribution in [0.4, 0.5) is 5.69 Å². The molecule has 0 aliphatic heterocycles. The Morgan fingerprint density at radius 2 is 1.90 bits per heavy atom. The van der Waals surface area contributed by atoms with E-state index in [1.807, 2.05) is 12.1 Å². The van der Waals surface area contributed by atoms with E-state index in [1.165, 1.54) is 0 Å². The predicted octanol–water partition coefficient (Wildman–Crippen LogP) is 3.51. The number of oxazole rings is 1. The molecule has 0 saturated carbocycles. The molecular weight excluding hydrogens is 308 g/mol. The summed E-state index contributed by atoms with van der Waals surface area (Å²) in [7, 11) is -1.09. The van der Waals surface area contributed by atoms with E-state index < -0.39 is 10.8 Å². The van der Waals surface area contributed by atoms with Gasteiger partial charge in [-0.25, -0.2) is 4.98 Å². The van der Waals surface area contributed by atoms with Crippen molar-refractivity contribution < 1.29 is 8.63 Å². The monoisotopic (exact) mass is 320 g/mol. The minimum atomic E-state index is -1.09. The number of nitrogens with two attached hydrogens (primary N) is 1. The largest absolute Gasteiger partial charge is 0.440 e. The van der Waals surface area contributed by atoms with Crippen LogP contribution in [0, 0.1) is 0 Å². The Bertz CT molecular complexity index is 799. The standard InChI is InChI=1S/C15H13ClN2O2S/c16-11-3-1-10(2-4-11)8-21(19)9-15-18-13-7-12(17)5-6-14(13)20-15/h1-7H,8-9,17H2. The number of hydrogen-bond acceptors (Lipinski definition) is 4. The Morgan fingerprint density at radius 1 is 1.14 bits per heavy atom. The van der Waals surface area contributed by atoms with Gasteiger partial charge >= 0.3 is 0 Å². The fourth-order valence-corrected chi connectivity index (χ4v) is 3.20. The summed E-state index contributed by atoms with van der Waals surface area (Å²) in [6.45, 7) is 0. The summed E-state index contributed by atoms with van der Waals surface area (Å²) in [6.07, 6.45) is 0. The van der Waals surface area contributed by atoms with E-state index in [1.54, 1.807) is 30.3 Å². The number of halogens is 1. The van der Waals surface area contributed by atoms with Crippen molar-refractivity contribution in [2.24, 2.45) is 0 Å². The van der Waals surface area contributed by atoms with E-state index in [-0.39, 0.29) is 5.75 Å². The predicted molar refractivity (Wildman–Crippen MR) is 85.4 cm³/mol. The summed E-state index contributed by atoms with van der Waals surface area (Å²) in [6, 6.07) is 12.6. The van der Waals surface area contributed by atoms with Gasteiger partial charge in [0, 0.05) is 27.3 Å². The van der Waals surface area contributed by atoms with Gasteiger partial charge in [0.25, 0.3) is 0 Å². The van der Waals surface area contributed by atoms with Crippen molar-refractivity contribution in [1.29, 1.82) is 0 Å². The highest BCUT2D eigenvalue weighted by molar-refractivity contribution is 7.83. The molecule has 0 fully saturated rings. The summed E-state index contributed by atoms with van der Waals surface area (Å²) >= 11 is 5.82. The molecule has 1 atom stereocenters. The molecule has 0 aliphatic rings. The number of nitrogen functional groups attached to an aromatic ring is 1. The van der Waals surface area contributed by atoms with Crippen LogP contribution in [0.25, 0.3) is 11.1 Å². The molecule has 0 aliphatic carbocycles. The molecule has 6 heteroatoms. The molecule has 0 bridgehead atoms. The lowest BCUT2D eigenvalue weighted by Gasteiger charge is -2.00. The fourth-order valence-electron chi connectivity index (χ4n) is 2.01. The Morgan fingerprint density at radius 3 is 2.67 bits per heavy atom. The average Bonchev–Trinajstić information content (AvgIpc) is 2.82. The topological polar surface area (TPSA) is 69.1 Å². The third-order valence-corrected chi connectivity index (χ3v) is 4.46. The van der Waals surface area contributed by atoms with E-state index in [2.05, 4.69) is 4.98 Å². The first-order valence-electron chi connectivity index (χ1n) is 6.34. The first kappa shape index (κ1) is 14.1. The van der Waals surface area contributed by atoms with Gasteiger partial charge in [0.1, 0.15) is 11.3 Å². The van der Waals surface area contributed by atoms with Crippen molar-refractivity contribution in [2.75, 3.05) is 5.73 Å². The molecule has 1 unspecified atom stereocenters. The third kappa shape index (κ3) is 3.43. The smallest absolute Gasteiger partial charge is 0.208 e. The number of benzene rings is 2. The van der Waals surface area contributed by atoms with Gasteiger partial charge in [-0.15, -0.1) is 0 Å². The van der Waals surface area contributed by atoms with E-state index in [4.69, 9.17) is 21.8 Å². The van der Waals surface area contributed by atoms with Gasteiger partial charge < -0.3 is 10.2 Å². The summed E-state index contributed by atoms with van der Waals surface area (Å²) in [5, 5.41) is 0.668. The van der Waals surface area contributed by atoms with Crippen LogP contribution in [0.15, 0.2) is 46.9 Å². The Hall–Kier alpha value is -1.85. The highest BCUT2D eigenvalue weighted by Gasteiger charge is 2.10. The van der Waals surface area contributed by atoms with Crippen molar-refractivity contribution in [3.8, 4) is 0 Å². The molecule has 3 aromatic rings. The number of fused-ring (bicyclic) bond motifs is 1. The van der Waals surface area contributed by atoms with Gasteiger partial charge in [0.15, 0.2) is 5.58 Å². The summed E-state index contributed by atoms with van der Waals surface area (Å²) in [5.41, 5.74) is 8.64. The number of aromatic nitrogens is 1. The molecular formula is C15H13ClN2O2S. The van der Waals surface area contributed by atoms with Crippen LogP contribution >= 0.6 is 11.6 Å². The molecule has 108 valence electrons. The normalized spacial score (nSPS) is 12.6. The SMILES string of the molecule is Nc1ccc2oc(CS(=O)Cc3ccc(Cl)cc3)nc2c1. The third-order valence-electron chi connectivity index (χ3n) is 2.98. The highest BCUT2D eigenvalue weighted by Crippen LogP contribution is 2.20. The molecule has 4 nitrogen and oxygen atoms in total. The minimum absolute atomic E-state index is 0.275. The van der Waals surface area contributed by atoms with Gasteiger partial charge in [-0.3, -0.25) is 4.21 Å². The number of rotatable bonds is 4. The van der Waals surface area contributed by atoms with Crippen LogP contribution in [0.2, 0.25) is 5.02 Å². The molecule has 21 heavy (non-hydrogen) atoms. The maximum absolute atomic E-state index is 12.2. The van der Waals surface area contributed by atoms with E-state index in [0.29, 0.717) is 33.5 Å². The lowest BCUT2D eigenvalue weighted by molar-refractivity contribution is 0.552. The molecule has 0 radical (unpaired) electrons. The van der Waals surface area contributed by atoms with E-state index in [0.717, 1.165) is 5.56 Å². The molecule has 1 heterocycles. The maximum Gasteiger partial charge on any atom is 0.208 e.